The lowest BCUT2D eigenvalue weighted by Gasteiger charge is -2.13. The minimum Gasteiger partial charge on any atom is -0.495 e. The minimum absolute atomic E-state index is 0.0969. The molecule has 1 amide bonds. The maximum absolute atomic E-state index is 13.2. The Morgan fingerprint density at radius 1 is 1.24 bits per heavy atom. The first kappa shape index (κ1) is 18.7. The van der Waals surface area contributed by atoms with Gasteiger partial charge in [0.05, 0.1) is 36.2 Å². The number of aromatic nitrogens is 3. The standard InChI is InChI=1S/C22H22N4O3/c1-13(2)26-21-16(12-23-26)15(11-18(24-21)20-6-5-9-29-20)22(27)25-17-10-14(3)7-8-19(17)28-4/h5-13H,1-4H3,(H,25,27). The second-order valence-corrected chi connectivity index (χ2v) is 7.11. The van der Waals surface area contributed by atoms with Crippen molar-refractivity contribution in [2.45, 2.75) is 26.8 Å². The molecule has 0 bridgehead atoms. The van der Waals surface area contributed by atoms with Gasteiger partial charge in [-0.2, -0.15) is 5.10 Å². The summed E-state index contributed by atoms with van der Waals surface area (Å²) < 4.78 is 12.7. The molecule has 0 aliphatic rings. The lowest BCUT2D eigenvalue weighted by atomic mass is 10.1. The van der Waals surface area contributed by atoms with E-state index in [1.807, 2.05) is 45.0 Å². The second kappa shape index (κ2) is 7.43. The third-order valence-electron chi connectivity index (χ3n) is 4.68. The number of hydrogen-bond donors (Lipinski definition) is 1. The van der Waals surface area contributed by atoms with E-state index in [0.29, 0.717) is 39.5 Å². The van der Waals surface area contributed by atoms with Crippen LogP contribution in [0.15, 0.2) is 53.3 Å². The molecule has 148 valence electrons. The van der Waals surface area contributed by atoms with E-state index < -0.39 is 0 Å². The zero-order valence-electron chi connectivity index (χ0n) is 16.8. The fourth-order valence-corrected chi connectivity index (χ4v) is 3.24. The maximum atomic E-state index is 13.2. The van der Waals surface area contributed by atoms with Crippen LogP contribution < -0.4 is 10.1 Å². The number of carbonyl (C=O) groups excluding carboxylic acids is 1. The summed E-state index contributed by atoms with van der Waals surface area (Å²) in [6, 6.07) is 11.1. The number of furan rings is 1. The zero-order valence-corrected chi connectivity index (χ0v) is 16.8. The Hall–Kier alpha value is -3.61. The summed E-state index contributed by atoms with van der Waals surface area (Å²) in [4.78, 5) is 17.9. The van der Waals surface area contributed by atoms with Gasteiger partial charge in [-0.15, -0.1) is 0 Å². The van der Waals surface area contributed by atoms with Gasteiger partial charge in [-0.1, -0.05) is 6.07 Å². The normalized spacial score (nSPS) is 11.2. The van der Waals surface area contributed by atoms with Crippen LogP contribution in [0.5, 0.6) is 5.75 Å². The molecule has 4 rings (SSSR count). The van der Waals surface area contributed by atoms with Gasteiger partial charge in [-0.25, -0.2) is 9.67 Å². The van der Waals surface area contributed by atoms with E-state index in [-0.39, 0.29) is 11.9 Å². The summed E-state index contributed by atoms with van der Waals surface area (Å²) in [6.07, 6.45) is 3.26. The zero-order chi connectivity index (χ0) is 20.5. The van der Waals surface area contributed by atoms with Crippen molar-refractivity contribution in [3.63, 3.8) is 0 Å². The van der Waals surface area contributed by atoms with Gasteiger partial charge in [0.2, 0.25) is 0 Å². The predicted molar refractivity (Wildman–Crippen MR) is 111 cm³/mol. The monoisotopic (exact) mass is 390 g/mol. The number of rotatable bonds is 5. The molecule has 0 saturated heterocycles. The number of anilines is 1. The summed E-state index contributed by atoms with van der Waals surface area (Å²) in [6.45, 7) is 6.00. The van der Waals surface area contributed by atoms with E-state index >= 15 is 0 Å². The molecule has 0 unspecified atom stereocenters. The molecule has 4 aromatic rings. The van der Waals surface area contributed by atoms with E-state index in [0.717, 1.165) is 5.56 Å². The van der Waals surface area contributed by atoms with Gasteiger partial charge in [0.1, 0.15) is 11.4 Å². The highest BCUT2D eigenvalue weighted by atomic mass is 16.5. The average Bonchev–Trinajstić information content (AvgIpc) is 3.37. The van der Waals surface area contributed by atoms with E-state index in [9.17, 15) is 4.79 Å². The Kier molecular flexibility index (Phi) is 4.80. The number of nitrogens with one attached hydrogen (secondary N) is 1. The Morgan fingerprint density at radius 3 is 2.76 bits per heavy atom. The van der Waals surface area contributed by atoms with E-state index in [1.165, 1.54) is 0 Å². The van der Waals surface area contributed by atoms with Crippen LogP contribution in [0, 0.1) is 6.92 Å². The third-order valence-corrected chi connectivity index (χ3v) is 4.68. The molecule has 3 heterocycles. The van der Waals surface area contributed by atoms with Gasteiger partial charge in [0.25, 0.3) is 5.91 Å². The van der Waals surface area contributed by atoms with Crippen molar-refractivity contribution in [2.24, 2.45) is 0 Å². The third kappa shape index (κ3) is 3.47. The molecule has 1 aromatic carbocycles. The van der Waals surface area contributed by atoms with Gasteiger partial charge >= 0.3 is 0 Å². The van der Waals surface area contributed by atoms with E-state index in [2.05, 4.69) is 10.4 Å². The average molecular weight is 390 g/mol. The largest absolute Gasteiger partial charge is 0.495 e. The van der Waals surface area contributed by atoms with Crippen molar-refractivity contribution >= 4 is 22.6 Å². The highest BCUT2D eigenvalue weighted by Gasteiger charge is 2.20. The summed E-state index contributed by atoms with van der Waals surface area (Å²) in [5.41, 5.74) is 3.31. The highest BCUT2D eigenvalue weighted by molar-refractivity contribution is 6.13. The number of ether oxygens (including phenoxy) is 1. The lowest BCUT2D eigenvalue weighted by Crippen LogP contribution is -2.14. The lowest BCUT2D eigenvalue weighted by molar-refractivity contribution is 0.102. The number of nitrogens with zero attached hydrogens (tertiary/aromatic N) is 3. The Bertz CT molecular complexity index is 1180. The molecule has 0 aliphatic carbocycles. The maximum Gasteiger partial charge on any atom is 0.256 e. The molecule has 0 atom stereocenters. The van der Waals surface area contributed by atoms with Gasteiger partial charge < -0.3 is 14.5 Å². The van der Waals surface area contributed by atoms with E-state index in [1.54, 1.807) is 36.4 Å². The number of pyridine rings is 1. The van der Waals surface area contributed by atoms with Crippen LogP contribution >= 0.6 is 0 Å². The fraction of sp³-hybridized carbons (Fsp3) is 0.227. The van der Waals surface area contributed by atoms with Crippen LogP contribution in [0.1, 0.15) is 35.8 Å². The first-order chi connectivity index (χ1) is 14.0. The Morgan fingerprint density at radius 2 is 2.07 bits per heavy atom. The molecule has 7 heteroatoms. The number of carbonyl (C=O) groups is 1. The molecule has 0 radical (unpaired) electrons. The van der Waals surface area contributed by atoms with Crippen LogP contribution in [0.4, 0.5) is 5.69 Å². The molecule has 0 fully saturated rings. The Labute approximate surface area is 168 Å². The second-order valence-electron chi connectivity index (χ2n) is 7.11. The molecule has 3 aromatic heterocycles. The van der Waals surface area contributed by atoms with Crippen molar-refractivity contribution < 1.29 is 13.9 Å². The first-order valence-electron chi connectivity index (χ1n) is 9.36. The topological polar surface area (TPSA) is 82.2 Å². The highest BCUT2D eigenvalue weighted by Crippen LogP contribution is 2.29. The molecular formula is C22H22N4O3. The quantitative estimate of drug-likeness (QED) is 0.527. The summed E-state index contributed by atoms with van der Waals surface area (Å²) in [7, 11) is 1.58. The minimum atomic E-state index is -0.266. The number of aryl methyl sites for hydroxylation is 1. The summed E-state index contributed by atoms with van der Waals surface area (Å²) >= 11 is 0. The first-order valence-corrected chi connectivity index (χ1v) is 9.36. The van der Waals surface area contributed by atoms with Crippen LogP contribution in [-0.4, -0.2) is 27.8 Å². The molecule has 1 N–H and O–H groups in total. The fourth-order valence-electron chi connectivity index (χ4n) is 3.24. The molecule has 29 heavy (non-hydrogen) atoms. The van der Waals surface area contributed by atoms with Crippen LogP contribution in [0.25, 0.3) is 22.5 Å². The van der Waals surface area contributed by atoms with Crippen molar-refractivity contribution in [3.8, 4) is 17.2 Å². The molecular weight excluding hydrogens is 368 g/mol. The molecule has 0 aliphatic heterocycles. The van der Waals surface area contributed by atoms with Crippen LogP contribution in [0.3, 0.4) is 0 Å². The van der Waals surface area contributed by atoms with Crippen LogP contribution in [0.2, 0.25) is 0 Å². The van der Waals surface area contributed by atoms with Crippen LogP contribution in [-0.2, 0) is 0 Å². The molecule has 7 nitrogen and oxygen atoms in total. The van der Waals surface area contributed by atoms with Gasteiger partial charge in [-0.05, 0) is 56.7 Å². The predicted octanol–water partition coefficient (Wildman–Crippen LogP) is 4.84. The number of hydrogen-bond acceptors (Lipinski definition) is 5. The van der Waals surface area contributed by atoms with Crippen molar-refractivity contribution in [1.82, 2.24) is 14.8 Å². The smallest absolute Gasteiger partial charge is 0.256 e. The molecule has 0 spiro atoms. The van der Waals surface area contributed by atoms with Crippen molar-refractivity contribution in [2.75, 3.05) is 12.4 Å². The number of fused-ring (bicyclic) bond motifs is 1. The SMILES string of the molecule is COc1ccc(C)cc1NC(=O)c1cc(-c2ccco2)nc2c1cnn2C(C)C. The number of amides is 1. The van der Waals surface area contributed by atoms with Gasteiger partial charge in [-0.3, -0.25) is 4.79 Å². The van der Waals surface area contributed by atoms with E-state index in [4.69, 9.17) is 14.1 Å². The number of methoxy groups -OCH3 is 1. The molecule has 0 saturated carbocycles. The van der Waals surface area contributed by atoms with Gasteiger partial charge in [0, 0.05) is 6.04 Å². The summed E-state index contributed by atoms with van der Waals surface area (Å²) in [5, 5.41) is 8.08. The van der Waals surface area contributed by atoms with Gasteiger partial charge in [0.15, 0.2) is 11.4 Å². The van der Waals surface area contributed by atoms with Crippen molar-refractivity contribution in [3.05, 3.63) is 60.0 Å². The number of benzene rings is 1. The Balaban J connectivity index is 1.84. The van der Waals surface area contributed by atoms with Crippen molar-refractivity contribution in [1.29, 1.82) is 0 Å². The summed E-state index contributed by atoms with van der Waals surface area (Å²) in [5.74, 6) is 0.918.